The van der Waals surface area contributed by atoms with Gasteiger partial charge < -0.3 is 14.6 Å². The third-order valence-corrected chi connectivity index (χ3v) is 4.12. The van der Waals surface area contributed by atoms with Gasteiger partial charge in [0.15, 0.2) is 0 Å². The van der Waals surface area contributed by atoms with E-state index < -0.39 is 40.5 Å². The van der Waals surface area contributed by atoms with Crippen LogP contribution in [0.2, 0.25) is 0 Å². The number of halogens is 3. The molecule has 0 heterocycles. The van der Waals surface area contributed by atoms with Crippen molar-refractivity contribution in [3.63, 3.8) is 0 Å². The Balaban J connectivity index is 3.11. The van der Waals surface area contributed by atoms with Crippen molar-refractivity contribution in [2.45, 2.75) is 42.6 Å². The van der Waals surface area contributed by atoms with Gasteiger partial charge in [-0.05, 0) is 32.3 Å². The zero-order valence-electron chi connectivity index (χ0n) is 15.4. The molecule has 2 atom stereocenters. The number of carboxylic acids is 1. The predicted octanol–water partition coefficient (Wildman–Crippen LogP) is 3.83. The number of nitrogens with zero attached hydrogens (tertiary/aromatic N) is 1. The molecule has 0 aliphatic carbocycles. The molecule has 0 aromatic heterocycles. The summed E-state index contributed by atoms with van der Waals surface area (Å²) in [6.45, 7) is 2.33. The number of amides is 1. The van der Waals surface area contributed by atoms with Gasteiger partial charge in [-0.1, -0.05) is 65.1 Å². The number of hydrogen-bond donors (Lipinski definition) is 1. The lowest BCUT2D eigenvalue weighted by molar-refractivity contribution is -0.153. The number of carbonyl (C=O) groups excluding carboxylic acids is 2. The molecule has 1 N–H and O–H groups in total. The van der Waals surface area contributed by atoms with E-state index in [4.69, 9.17) is 44.3 Å². The van der Waals surface area contributed by atoms with Gasteiger partial charge >= 0.3 is 18.0 Å². The summed E-state index contributed by atoms with van der Waals surface area (Å²) in [5, 5.41) is 9.40. The number of rotatable bonds is 9. The molecule has 0 aliphatic rings. The monoisotopic (exact) mass is 453 g/mol. The maximum atomic E-state index is 12.6. The highest BCUT2D eigenvalue weighted by Gasteiger charge is 2.39. The lowest BCUT2D eigenvalue weighted by atomic mass is 10.0. The van der Waals surface area contributed by atoms with Gasteiger partial charge in [-0.15, -0.1) is 0 Å². The van der Waals surface area contributed by atoms with Gasteiger partial charge in [0.05, 0.1) is 6.61 Å². The topological polar surface area (TPSA) is 93.1 Å². The Morgan fingerprint density at radius 3 is 2.25 bits per heavy atom. The lowest BCUT2D eigenvalue weighted by Crippen LogP contribution is -2.53. The van der Waals surface area contributed by atoms with Crippen LogP contribution >= 0.6 is 34.8 Å². The molecule has 0 radical (unpaired) electrons. The van der Waals surface area contributed by atoms with Gasteiger partial charge in [0.25, 0.3) is 0 Å². The predicted molar refractivity (Wildman–Crippen MR) is 106 cm³/mol. The third kappa shape index (κ3) is 8.12. The quantitative estimate of drug-likeness (QED) is 0.450. The standard InChI is InChI=1S/C18H22Cl3NO6/c1-3-27-16(25)14(10-9-13-7-5-4-6-8-13)22(12(2)15(23)24)17(26)28-11-18(19,20)21/h4-8,12,14H,3,9-11H2,1-2H3,(H,23,24)/t12?,14-/m0/s1. The number of aryl methyl sites for hydroxylation is 1. The Kier molecular flexibility index (Phi) is 9.85. The van der Waals surface area contributed by atoms with E-state index in [-0.39, 0.29) is 13.0 Å². The van der Waals surface area contributed by atoms with Crippen LogP contribution in [0.5, 0.6) is 0 Å². The first-order chi connectivity index (χ1) is 13.1. The Morgan fingerprint density at radius 1 is 1.14 bits per heavy atom. The van der Waals surface area contributed by atoms with E-state index in [1.807, 2.05) is 30.3 Å². The minimum Gasteiger partial charge on any atom is -0.480 e. The summed E-state index contributed by atoms with van der Waals surface area (Å²) in [4.78, 5) is 37.4. The molecule has 0 aliphatic heterocycles. The normalized spacial score (nSPS) is 13.3. The molecular weight excluding hydrogens is 433 g/mol. The van der Waals surface area contributed by atoms with Crippen LogP contribution < -0.4 is 0 Å². The van der Waals surface area contributed by atoms with Crippen molar-refractivity contribution in [2.75, 3.05) is 13.2 Å². The van der Waals surface area contributed by atoms with Crippen molar-refractivity contribution >= 4 is 52.8 Å². The Hall–Kier alpha value is -1.70. The number of esters is 1. The van der Waals surface area contributed by atoms with Crippen molar-refractivity contribution in [1.29, 1.82) is 0 Å². The molecule has 1 aromatic rings. The average Bonchev–Trinajstić information content (AvgIpc) is 2.63. The van der Waals surface area contributed by atoms with E-state index in [9.17, 15) is 19.5 Å². The second-order valence-corrected chi connectivity index (χ2v) is 8.40. The van der Waals surface area contributed by atoms with E-state index in [1.165, 1.54) is 6.92 Å². The first-order valence-electron chi connectivity index (χ1n) is 8.52. The lowest BCUT2D eigenvalue weighted by Gasteiger charge is -2.32. The molecule has 0 saturated heterocycles. The minimum absolute atomic E-state index is 0.0686. The molecule has 0 bridgehead atoms. The molecule has 1 rings (SSSR count). The van der Waals surface area contributed by atoms with E-state index in [0.717, 1.165) is 10.5 Å². The van der Waals surface area contributed by atoms with Crippen LogP contribution in [0.1, 0.15) is 25.8 Å². The molecule has 1 unspecified atom stereocenters. The summed E-state index contributed by atoms with van der Waals surface area (Å²) >= 11 is 16.8. The van der Waals surface area contributed by atoms with Crippen LogP contribution in [-0.4, -0.2) is 57.1 Å². The number of ether oxygens (including phenoxy) is 2. The second-order valence-electron chi connectivity index (χ2n) is 5.88. The molecular formula is C18H22Cl3NO6. The van der Waals surface area contributed by atoms with E-state index in [1.54, 1.807) is 6.92 Å². The highest BCUT2D eigenvalue weighted by molar-refractivity contribution is 6.67. The minimum atomic E-state index is -1.88. The molecule has 7 nitrogen and oxygen atoms in total. The second kappa shape index (κ2) is 11.3. The number of alkyl halides is 3. The van der Waals surface area contributed by atoms with Gasteiger partial charge in [0, 0.05) is 0 Å². The maximum absolute atomic E-state index is 12.6. The number of aliphatic carboxylic acids is 1. The molecule has 0 spiro atoms. The van der Waals surface area contributed by atoms with Gasteiger partial charge in [-0.3, -0.25) is 4.90 Å². The molecule has 1 aromatic carbocycles. The van der Waals surface area contributed by atoms with Crippen LogP contribution in [0, 0.1) is 0 Å². The zero-order chi connectivity index (χ0) is 21.3. The number of benzene rings is 1. The summed E-state index contributed by atoms with van der Waals surface area (Å²) < 4.78 is 8.08. The number of carboxylic acid groups (broad SMARTS) is 1. The molecule has 10 heteroatoms. The summed E-state index contributed by atoms with van der Waals surface area (Å²) in [5.74, 6) is -2.06. The van der Waals surface area contributed by atoms with Gasteiger partial charge in [-0.2, -0.15) is 0 Å². The summed E-state index contributed by atoms with van der Waals surface area (Å²) in [7, 11) is 0. The summed E-state index contributed by atoms with van der Waals surface area (Å²) in [6, 6.07) is 6.67. The van der Waals surface area contributed by atoms with Crippen LogP contribution in [0.3, 0.4) is 0 Å². The number of carbonyl (C=O) groups is 3. The SMILES string of the molecule is CCOC(=O)[C@H](CCc1ccccc1)N(C(=O)OCC(Cl)(Cl)Cl)C(C)C(=O)O. The fourth-order valence-electron chi connectivity index (χ4n) is 2.45. The van der Waals surface area contributed by atoms with Crippen LogP contribution in [-0.2, 0) is 25.5 Å². The van der Waals surface area contributed by atoms with E-state index in [2.05, 4.69) is 0 Å². The number of hydrogen-bond acceptors (Lipinski definition) is 5. The third-order valence-electron chi connectivity index (χ3n) is 3.79. The maximum Gasteiger partial charge on any atom is 0.411 e. The summed E-state index contributed by atoms with van der Waals surface area (Å²) in [5.41, 5.74) is 0.911. The molecule has 1 amide bonds. The average molecular weight is 455 g/mol. The van der Waals surface area contributed by atoms with Gasteiger partial charge in [-0.25, -0.2) is 14.4 Å². The van der Waals surface area contributed by atoms with Crippen LogP contribution in [0.15, 0.2) is 30.3 Å². The fourth-order valence-corrected chi connectivity index (χ4v) is 2.61. The smallest absolute Gasteiger partial charge is 0.411 e. The van der Waals surface area contributed by atoms with Crippen molar-refractivity contribution in [3.8, 4) is 0 Å². The Morgan fingerprint density at radius 2 is 1.75 bits per heavy atom. The largest absolute Gasteiger partial charge is 0.480 e. The van der Waals surface area contributed by atoms with E-state index >= 15 is 0 Å². The van der Waals surface area contributed by atoms with Gasteiger partial charge in [0.2, 0.25) is 3.79 Å². The van der Waals surface area contributed by atoms with Crippen molar-refractivity contribution < 1.29 is 29.0 Å². The van der Waals surface area contributed by atoms with Crippen LogP contribution in [0.25, 0.3) is 0 Å². The Bertz CT molecular complexity index is 665. The highest BCUT2D eigenvalue weighted by atomic mass is 35.6. The van der Waals surface area contributed by atoms with Gasteiger partial charge in [0.1, 0.15) is 18.7 Å². The molecule has 156 valence electrons. The van der Waals surface area contributed by atoms with Crippen molar-refractivity contribution in [1.82, 2.24) is 4.90 Å². The molecule has 0 fully saturated rings. The molecule has 0 saturated carbocycles. The van der Waals surface area contributed by atoms with Crippen LogP contribution in [0.4, 0.5) is 4.79 Å². The summed E-state index contributed by atoms with van der Waals surface area (Å²) in [6.07, 6.45) is -0.554. The zero-order valence-corrected chi connectivity index (χ0v) is 17.7. The van der Waals surface area contributed by atoms with Crippen molar-refractivity contribution in [2.24, 2.45) is 0 Å². The molecule has 28 heavy (non-hydrogen) atoms. The first kappa shape index (κ1) is 24.3. The Labute approximate surface area is 178 Å². The first-order valence-corrected chi connectivity index (χ1v) is 9.65. The fraction of sp³-hybridized carbons (Fsp3) is 0.500. The van der Waals surface area contributed by atoms with E-state index in [0.29, 0.717) is 6.42 Å². The van der Waals surface area contributed by atoms with Crippen molar-refractivity contribution in [3.05, 3.63) is 35.9 Å². The highest BCUT2D eigenvalue weighted by Crippen LogP contribution is 2.27.